The summed E-state index contributed by atoms with van der Waals surface area (Å²) in [6.07, 6.45) is 0.791. The molecule has 0 aliphatic heterocycles. The van der Waals surface area contributed by atoms with Gasteiger partial charge in [0.1, 0.15) is 0 Å². The van der Waals surface area contributed by atoms with Crippen molar-refractivity contribution >= 4 is 29.0 Å². The third-order valence-electron chi connectivity index (χ3n) is 2.23. The van der Waals surface area contributed by atoms with Gasteiger partial charge in [-0.05, 0) is 0 Å². The van der Waals surface area contributed by atoms with E-state index in [2.05, 4.69) is 25.7 Å². The number of hydrogen-bond donors (Lipinski definition) is 1. The normalized spacial score (nSPS) is 12.1. The summed E-state index contributed by atoms with van der Waals surface area (Å²) in [6.45, 7) is 10.4. The summed E-state index contributed by atoms with van der Waals surface area (Å²) in [5.41, 5.74) is 5.54. The lowest BCUT2D eigenvalue weighted by molar-refractivity contribution is 0.153. The number of ether oxygens (including phenoxy) is 1. The number of nitrogens with zero attached hydrogens (tertiary/aromatic N) is 1. The molecule has 0 aromatic rings. The van der Waals surface area contributed by atoms with Crippen molar-refractivity contribution in [2.45, 2.75) is 31.9 Å². The van der Waals surface area contributed by atoms with Crippen molar-refractivity contribution in [2.75, 3.05) is 39.1 Å². The number of thioether (sulfide) groups is 1. The van der Waals surface area contributed by atoms with Gasteiger partial charge in [0.15, 0.2) is 0 Å². The third kappa shape index (κ3) is 12.4. The molecule has 2 N–H and O–H groups in total. The quantitative estimate of drug-likeness (QED) is 0.654. The first-order chi connectivity index (χ1) is 7.85. The Morgan fingerprint density at radius 2 is 1.94 bits per heavy atom. The highest BCUT2D eigenvalue weighted by atomic mass is 32.2. The highest BCUT2D eigenvalue weighted by Gasteiger charge is 2.12. The van der Waals surface area contributed by atoms with E-state index in [0.29, 0.717) is 9.74 Å². The molecule has 0 saturated heterocycles. The molecule has 0 unspecified atom stereocenters. The minimum atomic E-state index is 0.329. The van der Waals surface area contributed by atoms with E-state index in [1.54, 1.807) is 7.11 Å². The second-order valence-electron chi connectivity index (χ2n) is 5.01. The molecule has 0 atom stereocenters. The van der Waals surface area contributed by atoms with Crippen molar-refractivity contribution in [3.05, 3.63) is 0 Å². The summed E-state index contributed by atoms with van der Waals surface area (Å²) in [4.78, 5) is 2.96. The zero-order chi connectivity index (χ0) is 13.3. The van der Waals surface area contributed by atoms with Gasteiger partial charge in [-0.1, -0.05) is 33.0 Å². The molecule has 17 heavy (non-hydrogen) atoms. The van der Waals surface area contributed by atoms with Crippen LogP contribution in [0.25, 0.3) is 0 Å². The average molecular weight is 278 g/mol. The van der Waals surface area contributed by atoms with Crippen LogP contribution in [0.15, 0.2) is 0 Å². The summed E-state index contributed by atoms with van der Waals surface area (Å²) in [6, 6.07) is 0. The van der Waals surface area contributed by atoms with E-state index in [1.165, 1.54) is 0 Å². The van der Waals surface area contributed by atoms with Crippen LogP contribution < -0.4 is 5.73 Å². The van der Waals surface area contributed by atoms with E-state index in [9.17, 15) is 0 Å². The lowest BCUT2D eigenvalue weighted by Crippen LogP contribution is -2.33. The average Bonchev–Trinajstić information content (AvgIpc) is 2.19. The fraction of sp³-hybridized carbons (Fsp3) is 0.917. The molecule has 0 heterocycles. The van der Waals surface area contributed by atoms with Crippen molar-refractivity contribution in [3.8, 4) is 0 Å². The monoisotopic (exact) mass is 278 g/mol. The molecule has 0 rings (SSSR count). The van der Waals surface area contributed by atoms with E-state index in [1.807, 2.05) is 11.8 Å². The predicted octanol–water partition coefficient (Wildman–Crippen LogP) is 2.14. The molecular weight excluding hydrogens is 252 g/mol. The Kier molecular flexibility index (Phi) is 9.22. The SMILES string of the molecule is COCCN(CCSC(C)(C)C)CCC(N)=S. The van der Waals surface area contributed by atoms with Gasteiger partial charge in [-0.3, -0.25) is 4.90 Å². The maximum atomic E-state index is 5.54. The van der Waals surface area contributed by atoms with E-state index >= 15 is 0 Å². The minimum Gasteiger partial charge on any atom is -0.393 e. The number of thiocarbonyl (C=S) groups is 1. The maximum Gasteiger partial charge on any atom is 0.0740 e. The minimum absolute atomic E-state index is 0.329. The standard InChI is InChI=1S/C12H26N2OS2/c1-12(2,3)17-10-8-14(7-9-15-4)6-5-11(13)16/h5-10H2,1-4H3,(H2,13,16). The van der Waals surface area contributed by atoms with Crippen LogP contribution in [0.5, 0.6) is 0 Å². The number of hydrogen-bond acceptors (Lipinski definition) is 4. The summed E-state index contributed by atoms with van der Waals surface area (Å²) in [7, 11) is 1.73. The first-order valence-corrected chi connectivity index (χ1v) is 7.38. The second-order valence-corrected chi connectivity index (χ2v) is 7.46. The second kappa shape index (κ2) is 9.14. The van der Waals surface area contributed by atoms with Crippen molar-refractivity contribution in [1.82, 2.24) is 4.90 Å². The lowest BCUT2D eigenvalue weighted by Gasteiger charge is -2.24. The smallest absolute Gasteiger partial charge is 0.0740 e. The van der Waals surface area contributed by atoms with Crippen LogP contribution in [-0.4, -0.2) is 53.7 Å². The molecular formula is C12H26N2OS2. The highest BCUT2D eigenvalue weighted by molar-refractivity contribution is 8.00. The van der Waals surface area contributed by atoms with Gasteiger partial charge in [-0.2, -0.15) is 11.8 Å². The Labute approximate surface area is 115 Å². The van der Waals surface area contributed by atoms with Crippen LogP contribution in [0.1, 0.15) is 27.2 Å². The van der Waals surface area contributed by atoms with Gasteiger partial charge >= 0.3 is 0 Å². The Balaban J connectivity index is 3.88. The first-order valence-electron chi connectivity index (χ1n) is 5.98. The zero-order valence-corrected chi connectivity index (χ0v) is 13.1. The molecule has 0 aliphatic carbocycles. The van der Waals surface area contributed by atoms with E-state index in [0.717, 1.165) is 38.4 Å². The summed E-state index contributed by atoms with van der Waals surface area (Å²) < 4.78 is 5.44. The predicted molar refractivity (Wildman–Crippen MR) is 81.9 cm³/mol. The molecule has 102 valence electrons. The molecule has 5 heteroatoms. The fourth-order valence-corrected chi connectivity index (χ4v) is 2.36. The lowest BCUT2D eigenvalue weighted by atomic mass is 10.3. The van der Waals surface area contributed by atoms with Gasteiger partial charge in [0, 0.05) is 43.7 Å². The van der Waals surface area contributed by atoms with E-state index in [4.69, 9.17) is 22.7 Å². The largest absolute Gasteiger partial charge is 0.393 e. The van der Waals surface area contributed by atoms with Crippen LogP contribution in [-0.2, 0) is 4.74 Å². The first kappa shape index (κ1) is 17.2. The number of methoxy groups -OCH3 is 1. The molecule has 0 saturated carbocycles. The van der Waals surface area contributed by atoms with Gasteiger partial charge in [0.2, 0.25) is 0 Å². The van der Waals surface area contributed by atoms with Gasteiger partial charge in [-0.15, -0.1) is 0 Å². The molecule has 0 aromatic heterocycles. The number of rotatable bonds is 9. The van der Waals surface area contributed by atoms with Crippen LogP contribution in [0.3, 0.4) is 0 Å². The zero-order valence-electron chi connectivity index (χ0n) is 11.5. The van der Waals surface area contributed by atoms with Gasteiger partial charge in [-0.25, -0.2) is 0 Å². The van der Waals surface area contributed by atoms with Gasteiger partial charge in [0.05, 0.1) is 11.6 Å². The van der Waals surface area contributed by atoms with Crippen molar-refractivity contribution in [1.29, 1.82) is 0 Å². The van der Waals surface area contributed by atoms with Crippen molar-refractivity contribution in [3.63, 3.8) is 0 Å². The topological polar surface area (TPSA) is 38.5 Å². The van der Waals surface area contributed by atoms with Crippen molar-refractivity contribution in [2.24, 2.45) is 5.73 Å². The van der Waals surface area contributed by atoms with Crippen LogP contribution in [0.4, 0.5) is 0 Å². The fourth-order valence-electron chi connectivity index (χ4n) is 1.31. The maximum absolute atomic E-state index is 5.54. The molecule has 0 fully saturated rings. The van der Waals surface area contributed by atoms with Crippen LogP contribution >= 0.6 is 24.0 Å². The molecule has 0 spiro atoms. The molecule has 0 bridgehead atoms. The molecule has 0 aliphatic rings. The van der Waals surface area contributed by atoms with Crippen molar-refractivity contribution < 1.29 is 4.74 Å². The van der Waals surface area contributed by atoms with E-state index < -0.39 is 0 Å². The highest BCUT2D eigenvalue weighted by Crippen LogP contribution is 2.22. The molecule has 3 nitrogen and oxygen atoms in total. The van der Waals surface area contributed by atoms with Gasteiger partial charge in [0.25, 0.3) is 0 Å². The molecule has 0 aromatic carbocycles. The third-order valence-corrected chi connectivity index (χ3v) is 3.69. The Morgan fingerprint density at radius 3 is 2.41 bits per heavy atom. The Bertz CT molecular complexity index is 217. The summed E-state index contributed by atoms with van der Waals surface area (Å²) in [5, 5.41) is 0. The van der Waals surface area contributed by atoms with E-state index in [-0.39, 0.29) is 0 Å². The molecule has 0 radical (unpaired) electrons. The van der Waals surface area contributed by atoms with Crippen LogP contribution in [0.2, 0.25) is 0 Å². The summed E-state index contributed by atoms with van der Waals surface area (Å²) in [5.74, 6) is 1.13. The Hall–Kier alpha value is 0.160. The Morgan fingerprint density at radius 1 is 1.29 bits per heavy atom. The summed E-state index contributed by atoms with van der Waals surface area (Å²) >= 11 is 6.90. The number of nitrogens with two attached hydrogens (primary N) is 1. The molecule has 0 amide bonds. The van der Waals surface area contributed by atoms with Crippen LogP contribution in [0, 0.1) is 0 Å². The van der Waals surface area contributed by atoms with Gasteiger partial charge < -0.3 is 10.5 Å².